The lowest BCUT2D eigenvalue weighted by molar-refractivity contribution is 0.627. The zero-order valence-corrected chi connectivity index (χ0v) is 12.5. The second kappa shape index (κ2) is 9.58. The minimum atomic E-state index is -1.62. The molecule has 0 amide bonds. The first kappa shape index (κ1) is 15.4. The van der Waals surface area contributed by atoms with E-state index < -0.39 is 5.17 Å². The third-order valence-electron chi connectivity index (χ3n) is 2.15. The van der Waals surface area contributed by atoms with Crippen LogP contribution in [0.15, 0.2) is 0 Å². The van der Waals surface area contributed by atoms with E-state index in [1.807, 2.05) is 0 Å². The van der Waals surface area contributed by atoms with E-state index in [4.69, 9.17) is 22.5 Å². The molecule has 0 aromatic heterocycles. The van der Waals surface area contributed by atoms with E-state index in [0.717, 1.165) is 11.9 Å². The first-order chi connectivity index (χ1) is 6.62. The highest BCUT2D eigenvalue weighted by Crippen LogP contribution is 2.78. The van der Waals surface area contributed by atoms with Crippen molar-refractivity contribution in [3.63, 3.8) is 0 Å². The van der Waals surface area contributed by atoms with Crippen LogP contribution in [0.25, 0.3) is 0 Å². The normalized spacial score (nSPS) is 12.0. The quantitative estimate of drug-likeness (QED) is 0.349. The predicted molar refractivity (Wildman–Crippen MR) is 75.0 cm³/mol. The Kier molecular flexibility index (Phi) is 10.5. The van der Waals surface area contributed by atoms with Crippen molar-refractivity contribution in [1.29, 1.82) is 0 Å². The van der Waals surface area contributed by atoms with Crippen LogP contribution in [-0.2, 0) is 0 Å². The Bertz CT molecular complexity index is 131. The maximum absolute atomic E-state index is 6.12. The maximum atomic E-state index is 6.12. The molecule has 0 aliphatic heterocycles. The summed E-state index contributed by atoms with van der Waals surface area (Å²) in [5, 5.41) is -1.62. The van der Waals surface area contributed by atoms with Crippen molar-refractivity contribution in [3.05, 3.63) is 0 Å². The molecule has 0 nitrogen and oxygen atoms in total. The summed E-state index contributed by atoms with van der Waals surface area (Å²) in [6.07, 6.45) is 9.00. The van der Waals surface area contributed by atoms with Gasteiger partial charge in [0.05, 0.1) is 17.5 Å². The summed E-state index contributed by atoms with van der Waals surface area (Å²) >= 11 is 14.0. The summed E-state index contributed by atoms with van der Waals surface area (Å²) in [6.45, 7) is 4.32. The fourth-order valence-electron chi connectivity index (χ4n) is 1.17. The zero-order chi connectivity index (χ0) is 10.9. The lowest BCUT2D eigenvalue weighted by atomic mass is 10.1. The third-order valence-corrected chi connectivity index (χ3v) is 9.38. The minimum absolute atomic E-state index is 0.927. The van der Waals surface area contributed by atoms with Gasteiger partial charge in [-0.1, -0.05) is 39.0 Å². The lowest BCUT2D eigenvalue weighted by Crippen LogP contribution is -1.83. The minimum Gasteiger partial charge on any atom is -0.0654 e. The molecule has 0 aliphatic carbocycles. The Morgan fingerprint density at radius 1 is 0.929 bits per heavy atom. The van der Waals surface area contributed by atoms with E-state index in [-0.39, 0.29) is 0 Å². The maximum Gasteiger partial charge on any atom is 0.269 e. The lowest BCUT2D eigenvalue weighted by Gasteiger charge is -2.05. The topological polar surface area (TPSA) is 0 Å². The van der Waals surface area contributed by atoms with Gasteiger partial charge in [-0.15, -0.1) is 0 Å². The van der Waals surface area contributed by atoms with Gasteiger partial charge in [-0.05, 0) is 13.3 Å². The number of unbranched alkanes of at least 4 members (excludes halogenated alkanes) is 5. The van der Waals surface area contributed by atoms with Crippen molar-refractivity contribution in [2.24, 2.45) is 0 Å². The monoisotopic (exact) mass is 275 g/mol. The predicted octanol–water partition coefficient (Wildman–Crippen LogP) is 6.34. The van der Waals surface area contributed by atoms with Crippen LogP contribution in [0.1, 0.15) is 52.4 Å². The molecule has 86 valence electrons. The second-order valence-corrected chi connectivity index (χ2v) is 13.8. The molecule has 0 heterocycles. The van der Waals surface area contributed by atoms with Crippen molar-refractivity contribution in [2.75, 3.05) is 11.9 Å². The van der Waals surface area contributed by atoms with Gasteiger partial charge in [0, 0.05) is 5.75 Å². The highest BCUT2D eigenvalue weighted by atomic mass is 35.9. The molecule has 0 rings (SSSR count). The van der Waals surface area contributed by atoms with Gasteiger partial charge in [-0.2, -0.15) is 0 Å². The molecule has 0 fully saturated rings. The molecular weight excluding hydrogens is 254 g/mol. The summed E-state index contributed by atoms with van der Waals surface area (Å²) in [4.78, 5) is 0. The molecule has 0 aliphatic rings. The molecule has 0 spiro atoms. The van der Waals surface area contributed by atoms with Gasteiger partial charge in [-0.25, -0.2) is 0 Å². The Balaban J connectivity index is 3.13. The van der Waals surface area contributed by atoms with E-state index in [0.29, 0.717) is 0 Å². The van der Waals surface area contributed by atoms with Crippen LogP contribution >= 0.6 is 39.0 Å². The van der Waals surface area contributed by atoms with E-state index >= 15 is 0 Å². The van der Waals surface area contributed by atoms with Crippen LogP contribution in [0.2, 0.25) is 0 Å². The number of rotatable bonds is 9. The molecule has 14 heavy (non-hydrogen) atoms. The molecule has 0 aromatic carbocycles. The highest BCUT2D eigenvalue weighted by Gasteiger charge is 2.33. The standard InChI is InChI=1S/C10H22Cl2PS/c1-3-5-6-7-8-9-10-14-13(11,12)4-2/h3-10H2,1-2H3/q+1. The molecule has 0 saturated carbocycles. The van der Waals surface area contributed by atoms with Gasteiger partial charge >= 0.3 is 0 Å². The van der Waals surface area contributed by atoms with E-state index in [1.165, 1.54) is 38.5 Å². The van der Waals surface area contributed by atoms with Crippen molar-refractivity contribution in [2.45, 2.75) is 52.4 Å². The SMILES string of the molecule is CCCCCCCCS[P+](Cl)(Cl)CC. The summed E-state index contributed by atoms with van der Waals surface area (Å²) in [7, 11) is 0. The number of hydrogen-bond acceptors (Lipinski definition) is 1. The summed E-state index contributed by atoms with van der Waals surface area (Å²) in [5.74, 6) is 1.14. The molecular formula is C10H22Cl2PS+. The second-order valence-electron chi connectivity index (χ2n) is 3.49. The van der Waals surface area contributed by atoms with Crippen LogP contribution in [0.5, 0.6) is 0 Å². The Morgan fingerprint density at radius 3 is 2.07 bits per heavy atom. The van der Waals surface area contributed by atoms with Gasteiger partial charge in [0.15, 0.2) is 0 Å². The van der Waals surface area contributed by atoms with Gasteiger partial charge in [-0.3, -0.25) is 0 Å². The Labute approximate surface area is 103 Å². The van der Waals surface area contributed by atoms with Crippen LogP contribution < -0.4 is 0 Å². The fourth-order valence-corrected chi connectivity index (χ4v) is 4.93. The van der Waals surface area contributed by atoms with Crippen molar-refractivity contribution < 1.29 is 0 Å². The van der Waals surface area contributed by atoms with Crippen LogP contribution in [0.4, 0.5) is 0 Å². The Hall–Kier alpha value is 1.36. The van der Waals surface area contributed by atoms with Gasteiger partial charge in [0.1, 0.15) is 22.5 Å². The molecule has 0 radical (unpaired) electrons. The average Bonchev–Trinajstić information content (AvgIpc) is 2.16. The summed E-state index contributed by atoms with van der Waals surface area (Å²) in [5.41, 5.74) is 0. The van der Waals surface area contributed by atoms with Crippen LogP contribution in [0.3, 0.4) is 0 Å². The molecule has 4 heteroatoms. The van der Waals surface area contributed by atoms with Crippen molar-refractivity contribution >= 4 is 39.0 Å². The van der Waals surface area contributed by atoms with Gasteiger partial charge in [0.25, 0.3) is 5.17 Å². The molecule has 0 unspecified atom stereocenters. The molecule has 0 bridgehead atoms. The van der Waals surface area contributed by atoms with Crippen LogP contribution in [0, 0.1) is 0 Å². The molecule has 0 aromatic rings. The van der Waals surface area contributed by atoms with E-state index in [2.05, 4.69) is 13.8 Å². The largest absolute Gasteiger partial charge is 0.269 e. The van der Waals surface area contributed by atoms with Crippen LogP contribution in [-0.4, -0.2) is 11.9 Å². The fraction of sp³-hybridized carbons (Fsp3) is 1.00. The number of hydrogen-bond donors (Lipinski definition) is 0. The van der Waals surface area contributed by atoms with Gasteiger partial charge in [0.2, 0.25) is 0 Å². The van der Waals surface area contributed by atoms with Crippen molar-refractivity contribution in [3.8, 4) is 0 Å². The molecule has 0 N–H and O–H groups in total. The summed E-state index contributed by atoms with van der Waals surface area (Å²) < 4.78 is 0. The van der Waals surface area contributed by atoms with Crippen molar-refractivity contribution in [1.82, 2.24) is 0 Å². The van der Waals surface area contributed by atoms with E-state index in [1.54, 1.807) is 11.4 Å². The smallest absolute Gasteiger partial charge is 0.0654 e. The van der Waals surface area contributed by atoms with E-state index in [9.17, 15) is 0 Å². The zero-order valence-electron chi connectivity index (χ0n) is 9.27. The number of halogens is 2. The average molecular weight is 276 g/mol. The molecule has 0 atom stereocenters. The van der Waals surface area contributed by atoms with Gasteiger partial charge < -0.3 is 0 Å². The first-order valence-electron chi connectivity index (χ1n) is 5.54. The Morgan fingerprint density at radius 2 is 1.50 bits per heavy atom. The first-order valence-corrected chi connectivity index (χ1v) is 10.9. The highest BCUT2D eigenvalue weighted by molar-refractivity contribution is 8.77. The third kappa shape index (κ3) is 9.90. The summed E-state index contributed by atoms with van der Waals surface area (Å²) in [6, 6.07) is 0. The molecule has 0 saturated heterocycles.